The molecule has 0 atom stereocenters. The van der Waals surface area contributed by atoms with Gasteiger partial charge in [-0.3, -0.25) is 0 Å². The standard InChI is InChI=1S/C14H14BrN3/c1-10-7-8-12(13(15)9-10)14(18-16)17-11-5-3-2-4-6-11/h2-9H,16H2,1H3,(H,17,18). The molecule has 3 nitrogen and oxygen atoms in total. The average molecular weight is 304 g/mol. The summed E-state index contributed by atoms with van der Waals surface area (Å²) in [4.78, 5) is 4.49. The minimum absolute atomic E-state index is 0.632. The van der Waals surface area contributed by atoms with E-state index in [1.54, 1.807) is 0 Å². The maximum Gasteiger partial charge on any atom is 0.149 e. The van der Waals surface area contributed by atoms with E-state index in [-0.39, 0.29) is 0 Å². The molecule has 0 bridgehead atoms. The second-order valence-electron chi connectivity index (χ2n) is 3.92. The third-order valence-corrected chi connectivity index (χ3v) is 3.17. The monoisotopic (exact) mass is 303 g/mol. The molecule has 2 rings (SSSR count). The first-order chi connectivity index (χ1) is 8.70. The van der Waals surface area contributed by atoms with Crippen LogP contribution >= 0.6 is 15.9 Å². The minimum atomic E-state index is 0.632. The van der Waals surface area contributed by atoms with E-state index in [4.69, 9.17) is 5.84 Å². The van der Waals surface area contributed by atoms with Crippen molar-refractivity contribution < 1.29 is 0 Å². The number of nitrogens with zero attached hydrogens (tertiary/aromatic N) is 1. The predicted octanol–water partition coefficient (Wildman–Crippen LogP) is 3.30. The van der Waals surface area contributed by atoms with Gasteiger partial charge in [0.05, 0.1) is 5.69 Å². The van der Waals surface area contributed by atoms with Crippen molar-refractivity contribution in [1.82, 2.24) is 5.43 Å². The van der Waals surface area contributed by atoms with Gasteiger partial charge in [-0.2, -0.15) is 0 Å². The molecule has 4 heteroatoms. The number of hydrazine groups is 1. The molecular weight excluding hydrogens is 290 g/mol. The van der Waals surface area contributed by atoms with Gasteiger partial charge in [-0.25, -0.2) is 10.8 Å². The lowest BCUT2D eigenvalue weighted by molar-refractivity contribution is 1.02. The van der Waals surface area contributed by atoms with Gasteiger partial charge in [-0.15, -0.1) is 0 Å². The number of rotatable bonds is 2. The molecule has 0 aliphatic rings. The van der Waals surface area contributed by atoms with Crippen LogP contribution in [0.1, 0.15) is 11.1 Å². The molecular formula is C14H14BrN3. The number of amidine groups is 1. The smallest absolute Gasteiger partial charge is 0.149 e. The molecule has 0 saturated heterocycles. The molecule has 2 aromatic rings. The van der Waals surface area contributed by atoms with Crippen molar-refractivity contribution in [2.24, 2.45) is 10.8 Å². The van der Waals surface area contributed by atoms with Crippen LogP contribution in [0.4, 0.5) is 5.69 Å². The summed E-state index contributed by atoms with van der Waals surface area (Å²) in [7, 11) is 0. The van der Waals surface area contributed by atoms with Crippen LogP contribution in [-0.2, 0) is 0 Å². The first-order valence-electron chi connectivity index (χ1n) is 5.57. The first-order valence-corrected chi connectivity index (χ1v) is 6.37. The van der Waals surface area contributed by atoms with Crippen LogP contribution in [0.5, 0.6) is 0 Å². The number of nitrogens with one attached hydrogen (secondary N) is 1. The molecule has 0 aliphatic heterocycles. The summed E-state index contributed by atoms with van der Waals surface area (Å²) in [6.07, 6.45) is 0. The van der Waals surface area contributed by atoms with Gasteiger partial charge in [-0.05, 0) is 36.8 Å². The summed E-state index contributed by atoms with van der Waals surface area (Å²) < 4.78 is 0.968. The maximum atomic E-state index is 5.56. The lowest BCUT2D eigenvalue weighted by atomic mass is 10.1. The predicted molar refractivity (Wildman–Crippen MR) is 78.8 cm³/mol. The summed E-state index contributed by atoms with van der Waals surface area (Å²) in [6.45, 7) is 2.04. The van der Waals surface area contributed by atoms with Crippen LogP contribution in [0, 0.1) is 6.92 Å². The van der Waals surface area contributed by atoms with E-state index in [2.05, 4.69) is 26.3 Å². The fourth-order valence-corrected chi connectivity index (χ4v) is 2.30. The zero-order valence-electron chi connectivity index (χ0n) is 10.0. The van der Waals surface area contributed by atoms with Gasteiger partial charge in [-0.1, -0.05) is 40.2 Å². The highest BCUT2D eigenvalue weighted by Gasteiger charge is 2.06. The summed E-state index contributed by atoms with van der Waals surface area (Å²) in [5.74, 6) is 6.19. The third-order valence-electron chi connectivity index (χ3n) is 2.51. The van der Waals surface area contributed by atoms with Crippen LogP contribution in [0.2, 0.25) is 0 Å². The van der Waals surface area contributed by atoms with E-state index in [1.165, 1.54) is 5.56 Å². The SMILES string of the molecule is Cc1ccc(C(=Nc2ccccc2)NN)c(Br)c1. The van der Waals surface area contributed by atoms with Crippen molar-refractivity contribution in [1.29, 1.82) is 0 Å². The van der Waals surface area contributed by atoms with Crippen molar-refractivity contribution in [2.75, 3.05) is 0 Å². The number of aliphatic imine (C=N–C) groups is 1. The number of hydrogen-bond acceptors (Lipinski definition) is 2. The Morgan fingerprint density at radius 1 is 1.17 bits per heavy atom. The summed E-state index contributed by atoms with van der Waals surface area (Å²) in [5, 5.41) is 0. The van der Waals surface area contributed by atoms with Crippen molar-refractivity contribution >= 4 is 27.5 Å². The Balaban J connectivity index is 2.42. The topological polar surface area (TPSA) is 50.4 Å². The number of halogens is 1. The minimum Gasteiger partial charge on any atom is -0.308 e. The van der Waals surface area contributed by atoms with Crippen LogP contribution in [0.3, 0.4) is 0 Å². The summed E-state index contributed by atoms with van der Waals surface area (Å²) >= 11 is 3.53. The Morgan fingerprint density at radius 3 is 2.50 bits per heavy atom. The van der Waals surface area contributed by atoms with E-state index in [1.807, 2.05) is 55.5 Å². The Kier molecular flexibility index (Phi) is 4.12. The van der Waals surface area contributed by atoms with Gasteiger partial charge in [0.25, 0.3) is 0 Å². The van der Waals surface area contributed by atoms with E-state index >= 15 is 0 Å². The van der Waals surface area contributed by atoms with Crippen LogP contribution < -0.4 is 11.3 Å². The second-order valence-corrected chi connectivity index (χ2v) is 4.78. The number of benzene rings is 2. The third kappa shape index (κ3) is 2.97. The number of aryl methyl sites for hydroxylation is 1. The fourth-order valence-electron chi connectivity index (χ4n) is 1.61. The maximum absolute atomic E-state index is 5.56. The van der Waals surface area contributed by atoms with Gasteiger partial charge in [0.1, 0.15) is 5.84 Å². The zero-order chi connectivity index (χ0) is 13.0. The van der Waals surface area contributed by atoms with Crippen molar-refractivity contribution in [3.8, 4) is 0 Å². The lowest BCUT2D eigenvalue weighted by Crippen LogP contribution is -2.31. The van der Waals surface area contributed by atoms with Crippen molar-refractivity contribution in [3.05, 3.63) is 64.1 Å². The van der Waals surface area contributed by atoms with Gasteiger partial charge in [0.15, 0.2) is 0 Å². The molecule has 18 heavy (non-hydrogen) atoms. The molecule has 0 aliphatic carbocycles. The Bertz CT molecular complexity index is 565. The van der Waals surface area contributed by atoms with Crippen LogP contribution in [-0.4, -0.2) is 5.84 Å². The molecule has 0 spiro atoms. The molecule has 0 unspecified atom stereocenters. The highest BCUT2D eigenvalue weighted by molar-refractivity contribution is 9.10. The quantitative estimate of drug-likeness (QED) is 0.387. The highest BCUT2D eigenvalue weighted by atomic mass is 79.9. The van der Waals surface area contributed by atoms with Crippen molar-refractivity contribution in [2.45, 2.75) is 6.92 Å². The van der Waals surface area contributed by atoms with E-state index in [9.17, 15) is 0 Å². The van der Waals surface area contributed by atoms with Gasteiger partial charge < -0.3 is 5.43 Å². The lowest BCUT2D eigenvalue weighted by Gasteiger charge is -2.08. The molecule has 3 N–H and O–H groups in total. The first kappa shape index (κ1) is 12.8. The molecule has 0 aromatic heterocycles. The number of nitrogens with two attached hydrogens (primary N) is 1. The molecule has 0 heterocycles. The Labute approximate surface area is 115 Å². The molecule has 0 saturated carbocycles. The molecule has 0 amide bonds. The van der Waals surface area contributed by atoms with Crippen LogP contribution in [0.15, 0.2) is 58.0 Å². The zero-order valence-corrected chi connectivity index (χ0v) is 11.6. The van der Waals surface area contributed by atoms with E-state index in [0.717, 1.165) is 15.7 Å². The average Bonchev–Trinajstić information content (AvgIpc) is 2.38. The fraction of sp³-hybridized carbons (Fsp3) is 0.0714. The Morgan fingerprint density at radius 2 is 1.89 bits per heavy atom. The van der Waals surface area contributed by atoms with Gasteiger partial charge in [0, 0.05) is 10.0 Å². The summed E-state index contributed by atoms with van der Waals surface area (Å²) in [6, 6.07) is 15.7. The number of para-hydroxylation sites is 1. The molecule has 2 aromatic carbocycles. The molecule has 0 fully saturated rings. The summed E-state index contributed by atoms with van der Waals surface area (Å²) in [5.41, 5.74) is 5.63. The molecule has 92 valence electrons. The van der Waals surface area contributed by atoms with Gasteiger partial charge >= 0.3 is 0 Å². The van der Waals surface area contributed by atoms with E-state index in [0.29, 0.717) is 5.84 Å². The van der Waals surface area contributed by atoms with E-state index < -0.39 is 0 Å². The molecule has 0 radical (unpaired) electrons. The van der Waals surface area contributed by atoms with Crippen molar-refractivity contribution in [3.63, 3.8) is 0 Å². The van der Waals surface area contributed by atoms with Crippen LogP contribution in [0.25, 0.3) is 0 Å². The normalized spacial score (nSPS) is 11.4. The van der Waals surface area contributed by atoms with Gasteiger partial charge in [0.2, 0.25) is 0 Å². The Hall–Kier alpha value is -1.65. The second kappa shape index (κ2) is 5.80. The number of hydrogen-bond donors (Lipinski definition) is 2. The highest BCUT2D eigenvalue weighted by Crippen LogP contribution is 2.20. The largest absolute Gasteiger partial charge is 0.308 e.